The van der Waals surface area contributed by atoms with E-state index in [2.05, 4.69) is 10.4 Å². The van der Waals surface area contributed by atoms with Gasteiger partial charge in [-0.05, 0) is 24.3 Å². The summed E-state index contributed by atoms with van der Waals surface area (Å²) in [7, 11) is 4.35. The van der Waals surface area contributed by atoms with Crippen LogP contribution in [0.3, 0.4) is 0 Å². The van der Waals surface area contributed by atoms with Gasteiger partial charge in [-0.15, -0.1) is 0 Å². The second-order valence-electron chi connectivity index (χ2n) is 5.78. The lowest BCUT2D eigenvalue weighted by Crippen LogP contribution is -2.26. The Morgan fingerprint density at radius 1 is 1.00 bits per heavy atom. The van der Waals surface area contributed by atoms with Gasteiger partial charge >= 0.3 is 0 Å². The Balaban J connectivity index is 2.06. The van der Waals surface area contributed by atoms with Crippen molar-refractivity contribution in [2.45, 2.75) is 0 Å². The minimum Gasteiger partial charge on any atom is -0.493 e. The summed E-state index contributed by atoms with van der Waals surface area (Å²) in [5, 5.41) is 6.47. The standard InChI is InChI=1S/C20H18FN3O5/c1-27-16-9-8-12(10-17(16)28-2)24-18(29-3)11-15(25)19(23-24)20(26)22-14-7-5-4-6-13(14)21/h4-11H,1-3H3,(H,22,26). The largest absolute Gasteiger partial charge is 0.493 e. The number of amides is 1. The van der Waals surface area contributed by atoms with Gasteiger partial charge < -0.3 is 19.5 Å². The minimum atomic E-state index is -0.850. The van der Waals surface area contributed by atoms with E-state index in [1.807, 2.05) is 0 Å². The van der Waals surface area contributed by atoms with E-state index in [1.54, 1.807) is 24.3 Å². The van der Waals surface area contributed by atoms with Crippen LogP contribution in [0.5, 0.6) is 17.4 Å². The van der Waals surface area contributed by atoms with Crippen molar-refractivity contribution in [1.29, 1.82) is 0 Å². The van der Waals surface area contributed by atoms with Crippen LogP contribution in [-0.2, 0) is 0 Å². The van der Waals surface area contributed by atoms with Crippen LogP contribution in [0.15, 0.2) is 53.3 Å². The maximum absolute atomic E-state index is 13.8. The van der Waals surface area contributed by atoms with Crippen molar-refractivity contribution in [2.24, 2.45) is 0 Å². The van der Waals surface area contributed by atoms with Crippen molar-refractivity contribution in [3.8, 4) is 23.1 Å². The molecule has 0 aliphatic heterocycles. The van der Waals surface area contributed by atoms with Crippen molar-refractivity contribution in [1.82, 2.24) is 9.78 Å². The maximum atomic E-state index is 13.8. The fourth-order valence-electron chi connectivity index (χ4n) is 2.63. The van der Waals surface area contributed by atoms with Gasteiger partial charge in [0.2, 0.25) is 11.3 Å². The highest BCUT2D eigenvalue weighted by Gasteiger charge is 2.19. The number of aromatic nitrogens is 2. The summed E-state index contributed by atoms with van der Waals surface area (Å²) < 4.78 is 30.8. The summed E-state index contributed by atoms with van der Waals surface area (Å²) in [6.07, 6.45) is 0. The number of carbonyl (C=O) groups excluding carboxylic acids is 1. The third kappa shape index (κ3) is 4.03. The second-order valence-corrected chi connectivity index (χ2v) is 5.78. The monoisotopic (exact) mass is 399 g/mol. The molecule has 2 aromatic carbocycles. The molecule has 0 atom stereocenters. The van der Waals surface area contributed by atoms with E-state index in [4.69, 9.17) is 14.2 Å². The van der Waals surface area contributed by atoms with Gasteiger partial charge in [0.05, 0.1) is 38.8 Å². The van der Waals surface area contributed by atoms with E-state index < -0.39 is 22.8 Å². The molecule has 1 heterocycles. The zero-order chi connectivity index (χ0) is 21.0. The number of para-hydroxylation sites is 1. The average Bonchev–Trinajstić information content (AvgIpc) is 2.74. The van der Waals surface area contributed by atoms with Gasteiger partial charge in [-0.3, -0.25) is 9.59 Å². The number of ether oxygens (including phenoxy) is 3. The zero-order valence-electron chi connectivity index (χ0n) is 15.9. The van der Waals surface area contributed by atoms with Crippen molar-refractivity contribution >= 4 is 11.6 Å². The molecule has 0 fully saturated rings. The smallest absolute Gasteiger partial charge is 0.280 e. The Bertz CT molecular complexity index is 1110. The van der Waals surface area contributed by atoms with Crippen LogP contribution in [-0.4, -0.2) is 37.0 Å². The highest BCUT2D eigenvalue weighted by Crippen LogP contribution is 2.30. The number of rotatable bonds is 6. The molecule has 0 aliphatic rings. The molecule has 150 valence electrons. The molecular formula is C20H18FN3O5. The molecule has 1 N–H and O–H groups in total. The van der Waals surface area contributed by atoms with Gasteiger partial charge in [0, 0.05) is 6.07 Å². The van der Waals surface area contributed by atoms with Crippen LogP contribution < -0.4 is 25.0 Å². The molecule has 0 spiro atoms. The van der Waals surface area contributed by atoms with E-state index in [9.17, 15) is 14.0 Å². The van der Waals surface area contributed by atoms with Crippen molar-refractivity contribution < 1.29 is 23.4 Å². The van der Waals surface area contributed by atoms with Crippen molar-refractivity contribution in [3.63, 3.8) is 0 Å². The maximum Gasteiger partial charge on any atom is 0.280 e. The number of carbonyl (C=O) groups is 1. The third-order valence-corrected chi connectivity index (χ3v) is 4.05. The summed E-state index contributed by atoms with van der Waals surface area (Å²) in [5.74, 6) is -0.463. The first-order valence-corrected chi connectivity index (χ1v) is 8.45. The van der Waals surface area contributed by atoms with E-state index in [0.29, 0.717) is 17.2 Å². The molecule has 0 aliphatic carbocycles. The van der Waals surface area contributed by atoms with Crippen LogP contribution in [0.25, 0.3) is 5.69 Å². The van der Waals surface area contributed by atoms with Crippen LogP contribution in [0, 0.1) is 5.82 Å². The Morgan fingerprint density at radius 2 is 1.72 bits per heavy atom. The molecule has 3 aromatic rings. The van der Waals surface area contributed by atoms with E-state index >= 15 is 0 Å². The molecule has 1 aromatic heterocycles. The number of nitrogens with zero attached hydrogens (tertiary/aromatic N) is 2. The number of hydrogen-bond acceptors (Lipinski definition) is 6. The average molecular weight is 399 g/mol. The lowest BCUT2D eigenvalue weighted by Gasteiger charge is -2.14. The van der Waals surface area contributed by atoms with Crippen LogP contribution in [0.1, 0.15) is 10.5 Å². The molecular weight excluding hydrogens is 381 g/mol. The quantitative estimate of drug-likeness (QED) is 0.685. The first-order valence-electron chi connectivity index (χ1n) is 8.45. The number of methoxy groups -OCH3 is 3. The Kier molecular flexibility index (Phi) is 5.77. The first-order chi connectivity index (χ1) is 14.0. The molecule has 0 unspecified atom stereocenters. The molecule has 0 saturated carbocycles. The summed E-state index contributed by atoms with van der Waals surface area (Å²) in [5.41, 5.74) is -0.706. The van der Waals surface area contributed by atoms with Gasteiger partial charge in [-0.2, -0.15) is 9.78 Å². The summed E-state index contributed by atoms with van der Waals surface area (Å²) >= 11 is 0. The number of nitrogens with one attached hydrogen (secondary N) is 1. The Hall–Kier alpha value is -3.88. The number of halogens is 1. The second kappa shape index (κ2) is 8.42. The Morgan fingerprint density at radius 3 is 2.38 bits per heavy atom. The number of anilines is 1. The van der Waals surface area contributed by atoms with Crippen LogP contribution >= 0.6 is 0 Å². The lowest BCUT2D eigenvalue weighted by atomic mass is 10.2. The zero-order valence-corrected chi connectivity index (χ0v) is 15.9. The number of benzene rings is 2. The summed E-state index contributed by atoms with van der Waals surface area (Å²) in [6, 6.07) is 11.6. The SMILES string of the molecule is COc1ccc(-n2nc(C(=O)Nc3ccccc3F)c(=O)cc2OC)cc1OC. The molecule has 1 amide bonds. The predicted molar refractivity (Wildman–Crippen MR) is 104 cm³/mol. The minimum absolute atomic E-state index is 0.0628. The molecule has 0 radical (unpaired) electrons. The van der Waals surface area contributed by atoms with Crippen molar-refractivity contribution in [3.05, 3.63) is 70.3 Å². The highest BCUT2D eigenvalue weighted by atomic mass is 19.1. The van der Waals surface area contributed by atoms with Crippen LogP contribution in [0.2, 0.25) is 0 Å². The molecule has 8 nitrogen and oxygen atoms in total. The van der Waals surface area contributed by atoms with Gasteiger partial charge in [0.15, 0.2) is 17.2 Å². The topological polar surface area (TPSA) is 91.7 Å². The molecule has 29 heavy (non-hydrogen) atoms. The highest BCUT2D eigenvalue weighted by molar-refractivity contribution is 6.02. The molecule has 9 heteroatoms. The van der Waals surface area contributed by atoms with Gasteiger partial charge in [-0.1, -0.05) is 12.1 Å². The summed E-state index contributed by atoms with van der Waals surface area (Å²) in [4.78, 5) is 24.9. The first kappa shape index (κ1) is 19.9. The number of hydrogen-bond donors (Lipinski definition) is 1. The fraction of sp³-hybridized carbons (Fsp3) is 0.150. The van der Waals surface area contributed by atoms with Gasteiger partial charge in [0.25, 0.3) is 5.91 Å². The van der Waals surface area contributed by atoms with Crippen molar-refractivity contribution in [2.75, 3.05) is 26.6 Å². The lowest BCUT2D eigenvalue weighted by molar-refractivity contribution is 0.101. The predicted octanol–water partition coefficient (Wildman–Crippen LogP) is 2.65. The summed E-state index contributed by atoms with van der Waals surface area (Å²) in [6.45, 7) is 0. The van der Waals surface area contributed by atoms with Crippen LogP contribution in [0.4, 0.5) is 10.1 Å². The molecule has 0 bridgehead atoms. The van der Waals surface area contributed by atoms with Gasteiger partial charge in [0.1, 0.15) is 5.82 Å². The fourth-order valence-corrected chi connectivity index (χ4v) is 2.63. The third-order valence-electron chi connectivity index (χ3n) is 4.05. The molecule has 3 rings (SSSR count). The van der Waals surface area contributed by atoms with E-state index in [-0.39, 0.29) is 11.6 Å². The van der Waals surface area contributed by atoms with E-state index in [1.165, 1.54) is 44.2 Å². The Labute approximate surface area is 165 Å². The normalized spacial score (nSPS) is 10.3. The van der Waals surface area contributed by atoms with Gasteiger partial charge in [-0.25, -0.2) is 4.39 Å². The molecule has 0 saturated heterocycles. The van der Waals surface area contributed by atoms with E-state index in [0.717, 1.165) is 6.07 Å².